The van der Waals surface area contributed by atoms with Crippen molar-refractivity contribution in [3.63, 3.8) is 0 Å². The molecule has 0 nitrogen and oxygen atoms in total. The van der Waals surface area contributed by atoms with Crippen LogP contribution in [0.2, 0.25) is 0 Å². The highest BCUT2D eigenvalue weighted by Gasteiger charge is 1.70. The van der Waals surface area contributed by atoms with E-state index in [1.165, 1.54) is 0 Å². The van der Waals surface area contributed by atoms with Crippen molar-refractivity contribution in [1.29, 1.82) is 0 Å². The summed E-state index contributed by atoms with van der Waals surface area (Å²) in [7, 11) is 0. The minimum absolute atomic E-state index is 0. The van der Waals surface area contributed by atoms with Gasteiger partial charge in [0.25, 0.3) is 0 Å². The van der Waals surface area contributed by atoms with Gasteiger partial charge in [0.2, 0.25) is 0 Å². The third kappa shape index (κ3) is 8.85. The average Bonchev–Trinajstić information content (AvgIpc) is 1.41. The Kier molecular flexibility index (Phi) is 15.4. The molecule has 0 aromatic heterocycles. The van der Waals surface area contributed by atoms with Crippen molar-refractivity contribution in [1.82, 2.24) is 0 Å². The molecule has 0 atom stereocenters. The van der Waals surface area contributed by atoms with Crippen molar-refractivity contribution in [2.24, 2.45) is 0 Å². The molecule has 0 spiro atoms. The van der Waals surface area contributed by atoms with Gasteiger partial charge in [-0.2, -0.15) is 0 Å². The molecule has 0 bridgehead atoms. The van der Waals surface area contributed by atoms with Gasteiger partial charge in [-0.1, -0.05) is 13.3 Å². The molecule has 0 saturated carbocycles. The van der Waals surface area contributed by atoms with Gasteiger partial charge < -0.3 is 0 Å². The van der Waals surface area contributed by atoms with Crippen LogP contribution in [0.4, 0.5) is 0 Å². The second-order valence-electron chi connectivity index (χ2n) is 0.896. The van der Waals surface area contributed by atoms with Crippen molar-refractivity contribution in [3.8, 4) is 0 Å². The van der Waals surface area contributed by atoms with Gasteiger partial charge in [0, 0.05) is 5.88 Å². The van der Waals surface area contributed by atoms with Crippen LogP contribution in [0, 0.1) is 6.92 Å². The van der Waals surface area contributed by atoms with E-state index in [0.717, 1.165) is 18.7 Å². The fraction of sp³-hybridized carbons (Fsp3) is 0.750. The van der Waals surface area contributed by atoms with Crippen molar-refractivity contribution >= 4 is 29.0 Å². The molecule has 0 aromatic rings. The Morgan fingerprint density at radius 1 is 1.50 bits per heavy atom. The van der Waals surface area contributed by atoms with Gasteiger partial charge in [-0.05, 0) is 6.42 Å². The molecule has 0 saturated heterocycles. The van der Waals surface area contributed by atoms with E-state index in [9.17, 15) is 0 Å². The number of hydrogen-bond acceptors (Lipinski definition) is 0. The van der Waals surface area contributed by atoms with E-state index in [-0.39, 0.29) is 17.4 Å². The lowest BCUT2D eigenvalue weighted by molar-refractivity contribution is 0.964. The summed E-state index contributed by atoms with van der Waals surface area (Å²) in [6.07, 6.45) is 2.01. The summed E-state index contributed by atoms with van der Waals surface area (Å²) in [5.74, 6) is 0.753. The highest BCUT2D eigenvalue weighted by molar-refractivity contribution is 6.17. The molecule has 0 unspecified atom stereocenters. The van der Waals surface area contributed by atoms with Gasteiger partial charge in [0.15, 0.2) is 17.4 Å². The van der Waals surface area contributed by atoms with E-state index in [2.05, 4.69) is 6.92 Å². The highest BCUT2D eigenvalue weighted by atomic mass is 35.5. The molecule has 37 valence electrons. The standard InChI is InChI=1S/C4H8Cl.Al.3H/c1-2-3-4-5;;;;/h1-4H2;;;;. The first-order valence-corrected chi connectivity index (χ1v) is 2.30. The van der Waals surface area contributed by atoms with Gasteiger partial charge in [-0.15, -0.1) is 11.6 Å². The Morgan fingerprint density at radius 2 is 2.00 bits per heavy atom. The first-order chi connectivity index (χ1) is 2.41. The molecule has 2 heteroatoms. The highest BCUT2D eigenvalue weighted by Crippen LogP contribution is 1.86. The summed E-state index contributed by atoms with van der Waals surface area (Å²) >= 11 is 5.26. The zero-order valence-corrected chi connectivity index (χ0v) is 3.96. The van der Waals surface area contributed by atoms with Crippen molar-refractivity contribution in [2.75, 3.05) is 5.88 Å². The van der Waals surface area contributed by atoms with Crippen LogP contribution in [-0.4, -0.2) is 23.2 Å². The van der Waals surface area contributed by atoms with Crippen LogP contribution in [0.1, 0.15) is 12.8 Å². The van der Waals surface area contributed by atoms with Crippen molar-refractivity contribution < 1.29 is 0 Å². The van der Waals surface area contributed by atoms with Crippen LogP contribution in [0.5, 0.6) is 0 Å². The van der Waals surface area contributed by atoms with Gasteiger partial charge in [0.1, 0.15) is 0 Å². The quantitative estimate of drug-likeness (QED) is 0.372. The molecule has 0 heterocycles. The number of rotatable bonds is 2. The second kappa shape index (κ2) is 9.27. The molecule has 0 amide bonds. The molecule has 6 heavy (non-hydrogen) atoms. The fourth-order valence-electron chi connectivity index (χ4n) is 0.0945. The molecule has 0 aromatic carbocycles. The maximum absolute atomic E-state index is 5.26. The van der Waals surface area contributed by atoms with Crippen LogP contribution in [0.15, 0.2) is 0 Å². The molecule has 0 aliphatic carbocycles. The van der Waals surface area contributed by atoms with Crippen LogP contribution in [-0.2, 0) is 0 Å². The average molecular weight is 122 g/mol. The SMILES string of the molecule is [AlH3].[CH2]CCCCl. The van der Waals surface area contributed by atoms with Crippen molar-refractivity contribution in [3.05, 3.63) is 6.92 Å². The number of halogens is 1. The fourth-order valence-corrected chi connectivity index (χ4v) is 0.283. The molecule has 0 aliphatic rings. The summed E-state index contributed by atoms with van der Waals surface area (Å²) < 4.78 is 0. The first kappa shape index (κ1) is 9.95. The summed E-state index contributed by atoms with van der Waals surface area (Å²) in [5.41, 5.74) is 0. The Hall–Kier alpha value is 0.822. The maximum atomic E-state index is 5.26. The summed E-state index contributed by atoms with van der Waals surface area (Å²) in [6.45, 7) is 3.59. The molecule has 0 fully saturated rings. The Balaban J connectivity index is 0. The predicted octanol–water partition coefficient (Wildman–Crippen LogP) is 0.656. The van der Waals surface area contributed by atoms with Gasteiger partial charge in [-0.25, -0.2) is 0 Å². The molecular formula is C4H11AlCl. The lowest BCUT2D eigenvalue weighted by atomic mass is 10.4. The van der Waals surface area contributed by atoms with Gasteiger partial charge in [-0.3, -0.25) is 0 Å². The van der Waals surface area contributed by atoms with E-state index < -0.39 is 0 Å². The Bertz CT molecular complexity index is 15.0. The smallest absolute Gasteiger partial charge is 0.127 e. The minimum atomic E-state index is 0. The van der Waals surface area contributed by atoms with Crippen LogP contribution in [0.25, 0.3) is 0 Å². The molecule has 1 radical (unpaired) electrons. The zero-order valence-electron chi connectivity index (χ0n) is 3.21. The second-order valence-corrected chi connectivity index (χ2v) is 1.27. The summed E-state index contributed by atoms with van der Waals surface area (Å²) in [5, 5.41) is 0. The molecule has 0 N–H and O–H groups in total. The minimum Gasteiger partial charge on any atom is -0.127 e. The Morgan fingerprint density at radius 3 is 2.00 bits per heavy atom. The number of hydrogen-bond donors (Lipinski definition) is 0. The van der Waals surface area contributed by atoms with Crippen LogP contribution in [0.3, 0.4) is 0 Å². The lowest BCUT2D eigenvalue weighted by Gasteiger charge is -1.77. The number of unbranched alkanes of at least 4 members (excludes halogenated alkanes) is 1. The van der Waals surface area contributed by atoms with Gasteiger partial charge in [0.05, 0.1) is 0 Å². The normalized spacial score (nSPS) is 7.00. The Labute approximate surface area is 55.0 Å². The molecule has 0 rings (SSSR count). The van der Waals surface area contributed by atoms with Gasteiger partial charge >= 0.3 is 0 Å². The van der Waals surface area contributed by atoms with E-state index in [1.54, 1.807) is 0 Å². The first-order valence-electron chi connectivity index (χ1n) is 1.77. The molecule has 0 aliphatic heterocycles. The lowest BCUT2D eigenvalue weighted by Crippen LogP contribution is -1.65. The largest absolute Gasteiger partial charge is 0.187 e. The zero-order chi connectivity index (χ0) is 4.12. The third-order valence-electron chi connectivity index (χ3n) is 0.384. The third-order valence-corrected chi connectivity index (χ3v) is 0.651. The van der Waals surface area contributed by atoms with Crippen molar-refractivity contribution in [2.45, 2.75) is 12.8 Å². The van der Waals surface area contributed by atoms with Crippen LogP contribution < -0.4 is 0 Å². The summed E-state index contributed by atoms with van der Waals surface area (Å²) in [6, 6.07) is 0. The maximum Gasteiger partial charge on any atom is 0.187 e. The topological polar surface area (TPSA) is 0 Å². The molecular weight excluding hydrogens is 110 g/mol. The monoisotopic (exact) mass is 121 g/mol. The van der Waals surface area contributed by atoms with E-state index in [0.29, 0.717) is 0 Å². The number of alkyl halides is 1. The van der Waals surface area contributed by atoms with E-state index in [1.807, 2.05) is 0 Å². The van der Waals surface area contributed by atoms with E-state index >= 15 is 0 Å². The summed E-state index contributed by atoms with van der Waals surface area (Å²) in [4.78, 5) is 0. The van der Waals surface area contributed by atoms with Crippen LogP contribution >= 0.6 is 11.6 Å². The predicted molar refractivity (Wildman–Crippen MR) is 35.2 cm³/mol. The van der Waals surface area contributed by atoms with E-state index in [4.69, 9.17) is 11.6 Å².